The molecule has 1 unspecified atom stereocenters. The Morgan fingerprint density at radius 3 is 2.67 bits per heavy atom. The average molecular weight is 208 g/mol. The van der Waals surface area contributed by atoms with E-state index in [0.29, 0.717) is 6.54 Å². The molecule has 0 aromatic heterocycles. The van der Waals surface area contributed by atoms with Crippen molar-refractivity contribution >= 4 is 11.7 Å². The monoisotopic (exact) mass is 208 g/mol. The first-order valence-electron chi connectivity index (χ1n) is 4.80. The van der Waals surface area contributed by atoms with Gasteiger partial charge in [-0.15, -0.1) is 0 Å². The van der Waals surface area contributed by atoms with Crippen molar-refractivity contribution in [3.63, 3.8) is 0 Å². The maximum absolute atomic E-state index is 11.6. The lowest BCUT2D eigenvalue weighted by atomic mass is 9.81. The van der Waals surface area contributed by atoms with Crippen LogP contribution in [-0.4, -0.2) is 37.2 Å². The molecule has 1 atom stereocenters. The van der Waals surface area contributed by atoms with E-state index in [1.165, 1.54) is 13.0 Å². The number of hydrogen-bond donors (Lipinski definition) is 1. The van der Waals surface area contributed by atoms with E-state index in [1.807, 2.05) is 31.3 Å². The van der Waals surface area contributed by atoms with Crippen LogP contribution in [0.4, 0.5) is 0 Å². The van der Waals surface area contributed by atoms with Crippen molar-refractivity contribution in [3.8, 4) is 0 Å². The number of ketones is 1. The molecule has 1 aliphatic heterocycles. The number of Topliss-reactive ketones (excluding diaryl/α,β-unsaturated/α-hetero) is 1. The molecule has 1 amide bonds. The average Bonchev–Trinajstić information content (AvgIpc) is 2.17. The number of hydrogen-bond acceptors (Lipinski definition) is 3. The highest BCUT2D eigenvalue weighted by Gasteiger charge is 2.32. The third kappa shape index (κ3) is 2.68. The van der Waals surface area contributed by atoms with Gasteiger partial charge in [0.2, 0.25) is 5.91 Å². The van der Waals surface area contributed by atoms with Gasteiger partial charge in [-0.3, -0.25) is 9.59 Å². The molecule has 0 aromatic carbocycles. The summed E-state index contributed by atoms with van der Waals surface area (Å²) >= 11 is 0. The van der Waals surface area contributed by atoms with Gasteiger partial charge in [-0.2, -0.15) is 0 Å². The molecule has 0 fully saturated rings. The Hall–Kier alpha value is -1.58. The molecular formula is C11H16N2O2. The molecule has 0 saturated heterocycles. The van der Waals surface area contributed by atoms with Crippen molar-refractivity contribution < 1.29 is 9.59 Å². The highest BCUT2D eigenvalue weighted by atomic mass is 16.1. The summed E-state index contributed by atoms with van der Waals surface area (Å²) in [6.07, 6.45) is 6.70. The molecular weight excluding hydrogens is 192 g/mol. The lowest BCUT2D eigenvalue weighted by molar-refractivity contribution is -0.123. The number of nitrogens with zero attached hydrogens (tertiary/aromatic N) is 1. The molecule has 4 heteroatoms. The van der Waals surface area contributed by atoms with E-state index in [4.69, 9.17) is 0 Å². The molecule has 15 heavy (non-hydrogen) atoms. The molecule has 1 heterocycles. The zero-order valence-corrected chi connectivity index (χ0v) is 9.28. The smallest absolute Gasteiger partial charge is 0.243 e. The lowest BCUT2D eigenvalue weighted by Crippen LogP contribution is -2.42. The zero-order valence-electron chi connectivity index (χ0n) is 9.28. The molecule has 0 bridgehead atoms. The maximum Gasteiger partial charge on any atom is 0.243 e. The van der Waals surface area contributed by atoms with Crippen LogP contribution in [0.2, 0.25) is 0 Å². The van der Waals surface area contributed by atoms with Crippen molar-refractivity contribution in [2.24, 2.45) is 5.41 Å². The van der Waals surface area contributed by atoms with Gasteiger partial charge in [0.25, 0.3) is 0 Å². The van der Waals surface area contributed by atoms with Gasteiger partial charge < -0.3 is 10.2 Å². The second-order valence-corrected chi connectivity index (χ2v) is 3.93. The van der Waals surface area contributed by atoms with Gasteiger partial charge >= 0.3 is 0 Å². The first kappa shape index (κ1) is 11.5. The van der Waals surface area contributed by atoms with E-state index >= 15 is 0 Å². The summed E-state index contributed by atoms with van der Waals surface area (Å²) in [7, 11) is 3.77. The maximum atomic E-state index is 11.6. The van der Waals surface area contributed by atoms with Gasteiger partial charge in [0.05, 0.1) is 5.41 Å². The second kappa shape index (κ2) is 4.29. The van der Waals surface area contributed by atoms with Crippen molar-refractivity contribution in [2.45, 2.75) is 6.92 Å². The molecule has 0 spiro atoms. The normalized spacial score (nSPS) is 25.4. The third-order valence-corrected chi connectivity index (χ3v) is 2.41. The Balaban J connectivity index is 2.95. The minimum absolute atomic E-state index is 0.0249. The summed E-state index contributed by atoms with van der Waals surface area (Å²) in [6, 6.07) is 0. The molecule has 1 N–H and O–H groups in total. The van der Waals surface area contributed by atoms with Crippen molar-refractivity contribution in [2.75, 3.05) is 20.6 Å². The Labute approximate surface area is 89.6 Å². The van der Waals surface area contributed by atoms with Gasteiger partial charge in [0.15, 0.2) is 0 Å². The molecule has 0 radical (unpaired) electrons. The van der Waals surface area contributed by atoms with Gasteiger partial charge in [-0.05, 0) is 19.2 Å². The van der Waals surface area contributed by atoms with Gasteiger partial charge in [-0.25, -0.2) is 0 Å². The topological polar surface area (TPSA) is 49.4 Å². The van der Waals surface area contributed by atoms with Gasteiger partial charge in [0.1, 0.15) is 5.78 Å². The SMILES string of the molecule is CC(=O)C1(C=CN(C)C)C=CC(=O)NC1. The molecule has 1 rings (SSSR count). The minimum Gasteiger partial charge on any atom is -0.384 e. The summed E-state index contributed by atoms with van der Waals surface area (Å²) in [4.78, 5) is 24.4. The van der Waals surface area contributed by atoms with Gasteiger partial charge in [0, 0.05) is 26.7 Å². The Bertz CT molecular complexity index is 331. The highest BCUT2D eigenvalue weighted by molar-refractivity contribution is 5.94. The van der Waals surface area contributed by atoms with Crippen LogP contribution in [0.25, 0.3) is 0 Å². The fourth-order valence-corrected chi connectivity index (χ4v) is 1.33. The summed E-state index contributed by atoms with van der Waals surface area (Å²) in [5.41, 5.74) is -0.682. The number of rotatable bonds is 3. The van der Waals surface area contributed by atoms with Crippen LogP contribution < -0.4 is 5.32 Å². The minimum atomic E-state index is -0.682. The highest BCUT2D eigenvalue weighted by Crippen LogP contribution is 2.24. The van der Waals surface area contributed by atoms with E-state index in [2.05, 4.69) is 5.32 Å². The molecule has 0 aliphatic carbocycles. The van der Waals surface area contributed by atoms with Crippen LogP contribution in [0.1, 0.15) is 6.92 Å². The Kier molecular flexibility index (Phi) is 3.29. The summed E-state index contributed by atoms with van der Waals surface area (Å²) in [6.45, 7) is 1.86. The standard InChI is InChI=1S/C11H16N2O2/c1-9(14)11(6-7-13(2)3)5-4-10(15)12-8-11/h4-7H,8H2,1-3H3,(H,12,15). The number of amides is 1. The van der Waals surface area contributed by atoms with Crippen LogP contribution >= 0.6 is 0 Å². The zero-order chi connectivity index (χ0) is 11.5. The second-order valence-electron chi connectivity index (χ2n) is 3.93. The van der Waals surface area contributed by atoms with Crippen LogP contribution in [0, 0.1) is 5.41 Å². The van der Waals surface area contributed by atoms with Crippen molar-refractivity contribution in [1.82, 2.24) is 10.2 Å². The predicted molar refractivity (Wildman–Crippen MR) is 58.1 cm³/mol. The molecule has 0 aromatic rings. The molecule has 0 saturated carbocycles. The van der Waals surface area contributed by atoms with Crippen molar-refractivity contribution in [3.05, 3.63) is 24.4 Å². The van der Waals surface area contributed by atoms with Crippen LogP contribution in [0.3, 0.4) is 0 Å². The lowest BCUT2D eigenvalue weighted by Gasteiger charge is -2.27. The van der Waals surface area contributed by atoms with Crippen LogP contribution in [0.15, 0.2) is 24.4 Å². The number of carbonyl (C=O) groups is 2. The first-order valence-corrected chi connectivity index (χ1v) is 4.80. The summed E-state index contributed by atoms with van der Waals surface area (Å²) in [5, 5.41) is 2.66. The van der Waals surface area contributed by atoms with E-state index in [9.17, 15) is 9.59 Å². The third-order valence-electron chi connectivity index (χ3n) is 2.41. The first-order chi connectivity index (χ1) is 6.96. The number of carbonyl (C=O) groups excluding carboxylic acids is 2. The van der Waals surface area contributed by atoms with E-state index < -0.39 is 5.41 Å². The Morgan fingerprint density at radius 2 is 2.27 bits per heavy atom. The summed E-state index contributed by atoms with van der Waals surface area (Å²) < 4.78 is 0. The number of nitrogens with one attached hydrogen (secondary N) is 1. The largest absolute Gasteiger partial charge is 0.384 e. The van der Waals surface area contributed by atoms with Crippen LogP contribution in [0.5, 0.6) is 0 Å². The van der Waals surface area contributed by atoms with E-state index in [0.717, 1.165) is 0 Å². The fourth-order valence-electron chi connectivity index (χ4n) is 1.33. The quantitative estimate of drug-likeness (QED) is 0.727. The predicted octanol–water partition coefficient (Wildman–Crippen LogP) is 0.323. The van der Waals surface area contributed by atoms with E-state index in [1.54, 1.807) is 6.08 Å². The summed E-state index contributed by atoms with van der Waals surface area (Å²) in [5.74, 6) is -0.123. The molecule has 82 valence electrons. The van der Waals surface area contributed by atoms with Crippen LogP contribution in [-0.2, 0) is 9.59 Å². The Morgan fingerprint density at radius 1 is 1.60 bits per heavy atom. The van der Waals surface area contributed by atoms with Crippen molar-refractivity contribution in [1.29, 1.82) is 0 Å². The molecule has 1 aliphatic rings. The van der Waals surface area contributed by atoms with Gasteiger partial charge in [-0.1, -0.05) is 6.08 Å². The van der Waals surface area contributed by atoms with E-state index in [-0.39, 0.29) is 11.7 Å². The molecule has 4 nitrogen and oxygen atoms in total. The fraction of sp³-hybridized carbons (Fsp3) is 0.455.